The lowest BCUT2D eigenvalue weighted by Crippen LogP contribution is -2.57. The number of nitrogens with zero attached hydrogens (tertiary/aromatic N) is 4. The summed E-state index contributed by atoms with van der Waals surface area (Å²) in [4.78, 5) is 50.5. The number of rotatable bonds is 10. The van der Waals surface area contributed by atoms with Gasteiger partial charge in [-0.15, -0.1) is 11.3 Å². The van der Waals surface area contributed by atoms with Crippen LogP contribution >= 0.6 is 11.3 Å². The Hall–Kier alpha value is -2.90. The zero-order valence-corrected chi connectivity index (χ0v) is 25.6. The fourth-order valence-electron chi connectivity index (χ4n) is 5.75. The third-order valence-electron chi connectivity index (χ3n) is 8.85. The van der Waals surface area contributed by atoms with Gasteiger partial charge in [0.1, 0.15) is 30.9 Å². The normalized spacial score (nSPS) is 23.7. The Morgan fingerprint density at radius 1 is 1.21 bits per heavy atom. The van der Waals surface area contributed by atoms with Gasteiger partial charge in [-0.3, -0.25) is 19.3 Å². The van der Waals surface area contributed by atoms with E-state index >= 15 is 0 Å². The smallest absolute Gasteiger partial charge is 0.251 e. The monoisotopic (exact) mass is 599 g/mol. The van der Waals surface area contributed by atoms with Gasteiger partial charge >= 0.3 is 0 Å². The SMILES string of the molecule is CCC(C)(C)C(NC(=O)c1ccc(-c2csc(N3CCN(CCOC)CC3)n2)cc1)C(=O)N1C[C@@H](O)[C@H]2OCC(=O)[C@H]21. The number of Topliss-reactive ketones (excluding diaryl/α,β-unsaturated/α-hetero) is 1. The zero-order chi connectivity index (χ0) is 30.0. The number of piperazine rings is 1. The van der Waals surface area contributed by atoms with Crippen molar-refractivity contribution in [1.82, 2.24) is 20.1 Å². The number of ketones is 1. The highest BCUT2D eigenvalue weighted by molar-refractivity contribution is 7.14. The maximum Gasteiger partial charge on any atom is 0.251 e. The van der Waals surface area contributed by atoms with Crippen LogP contribution in [-0.4, -0.2) is 121 Å². The second-order valence-corrected chi connectivity index (χ2v) is 12.7. The highest BCUT2D eigenvalue weighted by Gasteiger charge is 2.54. The number of carbonyl (C=O) groups excluding carboxylic acids is 3. The Bertz CT molecular complexity index is 1280. The van der Waals surface area contributed by atoms with Crippen molar-refractivity contribution in [3.8, 4) is 11.3 Å². The molecule has 0 aliphatic carbocycles. The molecule has 228 valence electrons. The number of amides is 2. The molecular formula is C30H41N5O6S. The van der Waals surface area contributed by atoms with Crippen LogP contribution < -0.4 is 10.2 Å². The molecule has 3 aliphatic heterocycles. The van der Waals surface area contributed by atoms with E-state index < -0.39 is 29.7 Å². The van der Waals surface area contributed by atoms with E-state index in [9.17, 15) is 19.5 Å². The first-order valence-electron chi connectivity index (χ1n) is 14.6. The molecule has 1 aromatic heterocycles. The van der Waals surface area contributed by atoms with Gasteiger partial charge < -0.3 is 29.7 Å². The van der Waals surface area contributed by atoms with Crippen molar-refractivity contribution in [3.05, 3.63) is 35.2 Å². The van der Waals surface area contributed by atoms with Gasteiger partial charge in [0.05, 0.1) is 18.8 Å². The summed E-state index contributed by atoms with van der Waals surface area (Å²) in [5, 5.41) is 16.4. The maximum absolute atomic E-state index is 13.8. The number of aliphatic hydroxyl groups is 1. The second kappa shape index (κ2) is 12.8. The number of nitrogens with one attached hydrogen (secondary N) is 1. The lowest BCUT2D eigenvalue weighted by atomic mass is 9.80. The minimum absolute atomic E-state index is 0.0000997. The van der Waals surface area contributed by atoms with E-state index in [4.69, 9.17) is 14.5 Å². The number of ether oxygens (including phenoxy) is 2. The molecule has 2 N–H and O–H groups in total. The molecule has 0 bridgehead atoms. The Balaban J connectivity index is 1.25. The van der Waals surface area contributed by atoms with Gasteiger partial charge in [-0.25, -0.2) is 4.98 Å². The fraction of sp³-hybridized carbons (Fsp3) is 0.600. The molecule has 3 fully saturated rings. The predicted octanol–water partition coefficient (Wildman–Crippen LogP) is 1.65. The van der Waals surface area contributed by atoms with Crippen LogP contribution in [0.3, 0.4) is 0 Å². The number of thiazole rings is 1. The molecule has 1 unspecified atom stereocenters. The van der Waals surface area contributed by atoms with Crippen LogP contribution in [0, 0.1) is 5.41 Å². The van der Waals surface area contributed by atoms with Gasteiger partial charge in [0, 0.05) is 56.3 Å². The number of aromatic nitrogens is 1. The molecule has 4 atom stereocenters. The summed E-state index contributed by atoms with van der Waals surface area (Å²) in [5.74, 6) is -0.988. The highest BCUT2D eigenvalue weighted by atomic mass is 32.1. The summed E-state index contributed by atoms with van der Waals surface area (Å²) < 4.78 is 10.6. The van der Waals surface area contributed by atoms with Crippen LogP contribution in [-0.2, 0) is 19.1 Å². The number of hydrogen-bond donors (Lipinski definition) is 2. The molecule has 0 radical (unpaired) electrons. The van der Waals surface area contributed by atoms with E-state index in [1.54, 1.807) is 30.6 Å². The molecule has 1 aromatic carbocycles. The van der Waals surface area contributed by atoms with Gasteiger partial charge in [0.2, 0.25) is 5.91 Å². The first kappa shape index (κ1) is 30.6. The summed E-state index contributed by atoms with van der Waals surface area (Å²) in [6.45, 7) is 11.1. The zero-order valence-electron chi connectivity index (χ0n) is 24.7. The number of aliphatic hydroxyl groups excluding tert-OH is 1. The Morgan fingerprint density at radius 3 is 2.60 bits per heavy atom. The molecule has 3 aliphatic rings. The van der Waals surface area contributed by atoms with Crippen molar-refractivity contribution in [3.63, 3.8) is 0 Å². The average Bonchev–Trinajstić information content (AvgIpc) is 3.72. The largest absolute Gasteiger partial charge is 0.388 e. The van der Waals surface area contributed by atoms with E-state index in [2.05, 4.69) is 15.1 Å². The van der Waals surface area contributed by atoms with Crippen LogP contribution in [0.4, 0.5) is 5.13 Å². The Morgan fingerprint density at radius 2 is 1.93 bits per heavy atom. The van der Waals surface area contributed by atoms with Crippen LogP contribution in [0.25, 0.3) is 11.3 Å². The van der Waals surface area contributed by atoms with Gasteiger partial charge in [-0.2, -0.15) is 0 Å². The number of β-amino-alcohol motifs (C(OH)–C–C–N with tert-alkyl or cyclic N) is 1. The number of carbonyl (C=O) groups is 3. The van der Waals surface area contributed by atoms with Crippen molar-refractivity contribution in [1.29, 1.82) is 0 Å². The van der Waals surface area contributed by atoms with E-state index in [1.165, 1.54) is 4.90 Å². The molecule has 3 saturated heterocycles. The molecular weight excluding hydrogens is 558 g/mol. The number of benzene rings is 1. The summed E-state index contributed by atoms with van der Waals surface area (Å²) >= 11 is 1.62. The molecule has 2 amide bonds. The summed E-state index contributed by atoms with van der Waals surface area (Å²) in [6.07, 6.45) is -1.03. The standard InChI is InChI=1S/C30H41N5O6S/c1-5-30(2,3)26(28(39)35-16-22(36)25-24(35)23(37)17-41-25)32-27(38)20-8-6-19(7-9-20)21-18-42-29(31-21)34-12-10-33(11-13-34)14-15-40-4/h6-9,18,22,24-26,36H,5,10-17H2,1-4H3,(H,32,38)/t22-,24-,25-,26?/m1/s1. The van der Waals surface area contributed by atoms with Crippen LogP contribution in [0.15, 0.2) is 29.6 Å². The van der Waals surface area contributed by atoms with Crippen LogP contribution in [0.5, 0.6) is 0 Å². The number of fused-ring (bicyclic) bond motifs is 1. The van der Waals surface area contributed by atoms with Crippen LogP contribution in [0.1, 0.15) is 37.6 Å². The highest BCUT2D eigenvalue weighted by Crippen LogP contribution is 2.33. The molecule has 42 heavy (non-hydrogen) atoms. The quantitative estimate of drug-likeness (QED) is 0.420. The molecule has 2 aromatic rings. The van der Waals surface area contributed by atoms with Gasteiger partial charge in [-0.1, -0.05) is 32.9 Å². The number of hydrogen-bond acceptors (Lipinski definition) is 10. The van der Waals surface area contributed by atoms with Crippen molar-refractivity contribution in [2.45, 2.75) is 51.5 Å². The van der Waals surface area contributed by atoms with E-state index in [0.717, 1.165) is 55.7 Å². The van der Waals surface area contributed by atoms with E-state index in [1.807, 2.05) is 38.3 Å². The molecule has 0 saturated carbocycles. The lowest BCUT2D eigenvalue weighted by Gasteiger charge is -2.36. The third kappa shape index (κ3) is 6.23. The first-order chi connectivity index (χ1) is 20.1. The van der Waals surface area contributed by atoms with Gasteiger partial charge in [0.25, 0.3) is 5.91 Å². The minimum Gasteiger partial charge on any atom is -0.388 e. The molecule has 0 spiro atoms. The van der Waals surface area contributed by atoms with Crippen molar-refractivity contribution in [2.75, 3.05) is 64.5 Å². The lowest BCUT2D eigenvalue weighted by molar-refractivity contribution is -0.140. The number of likely N-dealkylation sites (tertiary alicyclic amines) is 1. The van der Waals surface area contributed by atoms with Crippen LogP contribution in [0.2, 0.25) is 0 Å². The summed E-state index contributed by atoms with van der Waals surface area (Å²) in [6, 6.07) is 5.51. The second-order valence-electron chi connectivity index (χ2n) is 11.9. The Kier molecular flexibility index (Phi) is 9.28. The van der Waals surface area contributed by atoms with Crippen molar-refractivity contribution in [2.24, 2.45) is 5.41 Å². The average molecular weight is 600 g/mol. The predicted molar refractivity (Wildman–Crippen MR) is 160 cm³/mol. The van der Waals surface area contributed by atoms with Crippen molar-refractivity contribution >= 4 is 34.1 Å². The molecule has 4 heterocycles. The summed E-state index contributed by atoms with van der Waals surface area (Å²) in [7, 11) is 1.73. The molecule has 5 rings (SSSR count). The first-order valence-corrected chi connectivity index (χ1v) is 15.5. The van der Waals surface area contributed by atoms with Gasteiger partial charge in [-0.05, 0) is 24.0 Å². The van der Waals surface area contributed by atoms with Crippen molar-refractivity contribution < 1.29 is 29.0 Å². The number of methoxy groups -OCH3 is 1. The van der Waals surface area contributed by atoms with E-state index in [-0.39, 0.29) is 30.7 Å². The molecule has 11 nitrogen and oxygen atoms in total. The molecule has 12 heteroatoms. The van der Waals surface area contributed by atoms with E-state index in [0.29, 0.717) is 12.0 Å². The Labute approximate surface area is 250 Å². The number of anilines is 1. The maximum atomic E-state index is 13.8. The fourth-order valence-corrected chi connectivity index (χ4v) is 6.64. The topological polar surface area (TPSA) is 125 Å². The van der Waals surface area contributed by atoms with Gasteiger partial charge in [0.15, 0.2) is 10.9 Å². The summed E-state index contributed by atoms with van der Waals surface area (Å²) in [5.41, 5.74) is 1.59. The third-order valence-corrected chi connectivity index (χ3v) is 9.75. The minimum atomic E-state index is -0.934.